The summed E-state index contributed by atoms with van der Waals surface area (Å²) in [5.74, 6) is 0.912. The molecule has 0 bridgehead atoms. The minimum Gasteiger partial charge on any atom is -0.349 e. The zero-order valence-electron chi connectivity index (χ0n) is 14.8. The molecule has 1 amide bonds. The number of nitrogens with one attached hydrogen (secondary N) is 1. The molecule has 1 N–H and O–H groups in total. The Morgan fingerprint density at radius 2 is 1.77 bits per heavy atom. The van der Waals surface area contributed by atoms with E-state index in [0.717, 1.165) is 23.4 Å². The second-order valence-corrected chi connectivity index (χ2v) is 6.41. The number of amides is 1. The van der Waals surface area contributed by atoms with Gasteiger partial charge in [-0.3, -0.25) is 4.79 Å². The zero-order chi connectivity index (χ0) is 17.9. The molecule has 0 aliphatic carbocycles. The number of rotatable bonds is 5. The van der Waals surface area contributed by atoms with Crippen LogP contribution in [-0.4, -0.2) is 15.5 Å². The number of hydrogen-bond donors (Lipinski definition) is 1. The lowest BCUT2D eigenvalue weighted by molar-refractivity contribution is -0.120. The minimum absolute atomic E-state index is 0.0364. The maximum Gasteiger partial charge on any atom is 0.220 e. The molecule has 0 atom stereocenters. The molecule has 0 aliphatic rings. The average molecular weight is 343 g/mol. The maximum atomic E-state index is 11.7. The summed E-state index contributed by atoms with van der Waals surface area (Å²) >= 11 is 0. The van der Waals surface area contributed by atoms with Crippen LogP contribution in [0.15, 0.2) is 66.7 Å². The average Bonchev–Trinajstić information content (AvgIpc) is 3.03. The SMILES string of the molecule is CCC(=O)NCc1nc2ccccc2n1Cc1ccc2ccccc2c1. The molecule has 1 aromatic heterocycles. The van der Waals surface area contributed by atoms with Gasteiger partial charge in [0.1, 0.15) is 5.82 Å². The zero-order valence-corrected chi connectivity index (χ0v) is 14.8. The van der Waals surface area contributed by atoms with Gasteiger partial charge in [-0.05, 0) is 34.5 Å². The molecule has 0 unspecified atom stereocenters. The molecule has 0 saturated carbocycles. The third-order valence-corrected chi connectivity index (χ3v) is 4.65. The molecule has 130 valence electrons. The lowest BCUT2D eigenvalue weighted by Gasteiger charge is -2.11. The lowest BCUT2D eigenvalue weighted by Crippen LogP contribution is -2.23. The van der Waals surface area contributed by atoms with Gasteiger partial charge >= 0.3 is 0 Å². The number of imidazole rings is 1. The van der Waals surface area contributed by atoms with Crippen LogP contribution in [0, 0.1) is 0 Å². The van der Waals surface area contributed by atoms with Crippen LogP contribution in [0.3, 0.4) is 0 Å². The van der Waals surface area contributed by atoms with Crippen molar-refractivity contribution in [1.29, 1.82) is 0 Å². The number of aromatic nitrogens is 2. The van der Waals surface area contributed by atoms with Gasteiger partial charge in [-0.15, -0.1) is 0 Å². The van der Waals surface area contributed by atoms with Crippen LogP contribution >= 0.6 is 0 Å². The molecular weight excluding hydrogens is 322 g/mol. The fourth-order valence-corrected chi connectivity index (χ4v) is 3.26. The van der Waals surface area contributed by atoms with Crippen molar-refractivity contribution in [2.24, 2.45) is 0 Å². The van der Waals surface area contributed by atoms with Crippen molar-refractivity contribution in [3.63, 3.8) is 0 Å². The molecule has 26 heavy (non-hydrogen) atoms. The summed E-state index contributed by atoms with van der Waals surface area (Å²) in [7, 11) is 0. The van der Waals surface area contributed by atoms with E-state index in [-0.39, 0.29) is 5.91 Å². The second-order valence-electron chi connectivity index (χ2n) is 6.41. The van der Waals surface area contributed by atoms with Crippen LogP contribution in [0.2, 0.25) is 0 Å². The minimum atomic E-state index is 0.0364. The fourth-order valence-electron chi connectivity index (χ4n) is 3.26. The highest BCUT2D eigenvalue weighted by Gasteiger charge is 2.12. The predicted molar refractivity (Wildman–Crippen MR) is 105 cm³/mol. The molecule has 0 aliphatic heterocycles. The number of carbonyl (C=O) groups excluding carboxylic acids is 1. The smallest absolute Gasteiger partial charge is 0.220 e. The van der Waals surface area contributed by atoms with Crippen molar-refractivity contribution in [2.75, 3.05) is 0 Å². The maximum absolute atomic E-state index is 11.7. The van der Waals surface area contributed by atoms with Crippen LogP contribution in [0.1, 0.15) is 24.7 Å². The van der Waals surface area contributed by atoms with Gasteiger partial charge in [0, 0.05) is 13.0 Å². The van der Waals surface area contributed by atoms with Crippen molar-refractivity contribution in [3.05, 3.63) is 78.1 Å². The van der Waals surface area contributed by atoms with E-state index >= 15 is 0 Å². The highest BCUT2D eigenvalue weighted by Crippen LogP contribution is 2.21. The quantitative estimate of drug-likeness (QED) is 0.588. The van der Waals surface area contributed by atoms with E-state index in [1.54, 1.807) is 0 Å². The molecule has 0 spiro atoms. The first-order valence-corrected chi connectivity index (χ1v) is 8.93. The third kappa shape index (κ3) is 3.18. The van der Waals surface area contributed by atoms with Crippen molar-refractivity contribution < 1.29 is 4.79 Å². The van der Waals surface area contributed by atoms with Gasteiger partial charge in [-0.1, -0.05) is 55.5 Å². The summed E-state index contributed by atoms with van der Waals surface area (Å²) in [6, 6.07) is 23.0. The van der Waals surface area contributed by atoms with Crippen LogP contribution in [0.5, 0.6) is 0 Å². The molecule has 4 rings (SSSR count). The Hall–Kier alpha value is -3.14. The summed E-state index contributed by atoms with van der Waals surface area (Å²) < 4.78 is 2.19. The predicted octanol–water partition coefficient (Wildman–Crippen LogP) is 4.26. The number of para-hydroxylation sites is 2. The summed E-state index contributed by atoms with van der Waals surface area (Å²) in [5.41, 5.74) is 3.25. The number of benzene rings is 3. The van der Waals surface area contributed by atoms with Gasteiger partial charge in [0.05, 0.1) is 17.6 Å². The van der Waals surface area contributed by atoms with E-state index in [2.05, 4.69) is 58.4 Å². The monoisotopic (exact) mass is 343 g/mol. The highest BCUT2D eigenvalue weighted by molar-refractivity contribution is 5.83. The molecule has 3 aromatic carbocycles. The Balaban J connectivity index is 1.72. The molecule has 0 radical (unpaired) electrons. The van der Waals surface area contributed by atoms with E-state index < -0.39 is 0 Å². The first-order chi connectivity index (χ1) is 12.7. The molecule has 4 aromatic rings. The standard InChI is InChI=1S/C22H21N3O/c1-2-22(26)23-14-21-24-19-9-5-6-10-20(19)25(21)15-16-11-12-17-7-3-4-8-18(17)13-16/h3-13H,2,14-15H2,1H3,(H,23,26). The van der Waals surface area contributed by atoms with Gasteiger partial charge in [-0.2, -0.15) is 0 Å². The van der Waals surface area contributed by atoms with Gasteiger partial charge in [0.15, 0.2) is 0 Å². The van der Waals surface area contributed by atoms with Crippen LogP contribution in [0.25, 0.3) is 21.8 Å². The van der Waals surface area contributed by atoms with Crippen LogP contribution < -0.4 is 5.32 Å². The Bertz CT molecular complexity index is 1080. The molecule has 0 fully saturated rings. The number of hydrogen-bond acceptors (Lipinski definition) is 2. The first-order valence-electron chi connectivity index (χ1n) is 8.93. The summed E-state index contributed by atoms with van der Waals surface area (Å²) in [5, 5.41) is 5.41. The van der Waals surface area contributed by atoms with Crippen LogP contribution in [0.4, 0.5) is 0 Å². The molecule has 4 heteroatoms. The first kappa shape index (κ1) is 16.3. The fraction of sp³-hybridized carbons (Fsp3) is 0.182. The topological polar surface area (TPSA) is 46.9 Å². The van der Waals surface area contributed by atoms with Crippen LogP contribution in [-0.2, 0) is 17.9 Å². The van der Waals surface area contributed by atoms with Crippen molar-refractivity contribution in [3.8, 4) is 0 Å². The van der Waals surface area contributed by atoms with Gasteiger partial charge in [0.25, 0.3) is 0 Å². The van der Waals surface area contributed by atoms with E-state index in [4.69, 9.17) is 4.98 Å². The molecular formula is C22H21N3O. The second kappa shape index (κ2) is 7.00. The summed E-state index contributed by atoms with van der Waals surface area (Å²) in [4.78, 5) is 16.4. The van der Waals surface area contributed by atoms with Crippen molar-refractivity contribution in [2.45, 2.75) is 26.4 Å². The number of nitrogens with zero attached hydrogens (tertiary/aromatic N) is 2. The summed E-state index contributed by atoms with van der Waals surface area (Å²) in [6.07, 6.45) is 0.477. The van der Waals surface area contributed by atoms with E-state index in [9.17, 15) is 4.79 Å². The number of carbonyl (C=O) groups is 1. The van der Waals surface area contributed by atoms with E-state index in [0.29, 0.717) is 13.0 Å². The van der Waals surface area contributed by atoms with E-state index in [1.807, 2.05) is 25.1 Å². The normalized spacial score (nSPS) is 11.1. The Morgan fingerprint density at radius 1 is 1.00 bits per heavy atom. The molecule has 0 saturated heterocycles. The highest BCUT2D eigenvalue weighted by atomic mass is 16.1. The lowest BCUT2D eigenvalue weighted by atomic mass is 10.1. The largest absolute Gasteiger partial charge is 0.349 e. The Kier molecular flexibility index (Phi) is 4.40. The summed E-state index contributed by atoms with van der Waals surface area (Å²) in [6.45, 7) is 3.02. The van der Waals surface area contributed by atoms with Crippen molar-refractivity contribution >= 4 is 27.7 Å². The Morgan fingerprint density at radius 3 is 2.62 bits per heavy atom. The van der Waals surface area contributed by atoms with Gasteiger partial charge in [-0.25, -0.2) is 4.98 Å². The molecule has 4 nitrogen and oxygen atoms in total. The van der Waals surface area contributed by atoms with Gasteiger partial charge < -0.3 is 9.88 Å². The third-order valence-electron chi connectivity index (χ3n) is 4.65. The van der Waals surface area contributed by atoms with Gasteiger partial charge in [0.2, 0.25) is 5.91 Å². The molecule has 1 heterocycles. The van der Waals surface area contributed by atoms with E-state index in [1.165, 1.54) is 16.3 Å². The Labute approximate surface area is 152 Å². The number of fused-ring (bicyclic) bond motifs is 2. The van der Waals surface area contributed by atoms with Crippen molar-refractivity contribution in [1.82, 2.24) is 14.9 Å².